The van der Waals surface area contributed by atoms with Gasteiger partial charge in [-0.15, -0.1) is 0 Å². The van der Waals surface area contributed by atoms with Crippen molar-refractivity contribution in [3.63, 3.8) is 0 Å². The Balaban J connectivity index is 1.73. The molecule has 3 heterocycles. The smallest absolute Gasteiger partial charge is 0.267 e. The summed E-state index contributed by atoms with van der Waals surface area (Å²) >= 11 is 6.56. The van der Waals surface area contributed by atoms with E-state index in [-0.39, 0.29) is 23.8 Å². The van der Waals surface area contributed by atoms with Gasteiger partial charge in [0.2, 0.25) is 0 Å². The number of benzene rings is 1. The Morgan fingerprint density at radius 1 is 1.18 bits per heavy atom. The van der Waals surface area contributed by atoms with Crippen molar-refractivity contribution >= 4 is 51.7 Å². The van der Waals surface area contributed by atoms with Crippen LogP contribution in [0.2, 0.25) is 0 Å². The van der Waals surface area contributed by atoms with Crippen LogP contribution in [-0.4, -0.2) is 31.1 Å². The normalized spacial score (nSPS) is 15.3. The van der Waals surface area contributed by atoms with Crippen LogP contribution in [0.5, 0.6) is 0 Å². The summed E-state index contributed by atoms with van der Waals surface area (Å²) in [4.78, 5) is 32.9. The Kier molecular flexibility index (Phi) is 6.62. The number of aryl methyl sites for hydroxylation is 1. The standard InChI is InChI=1S/C24H23FN4O2S2/c1-14(2)11-26-21-18(22(30)28-12-15(3)4-9-20(28)27-21)10-19-23(31)29(24(32)33-19)13-16-5-7-17(25)8-6-16/h4-10,12,14,26H,11,13H2,1-3H3. The molecule has 0 atom stereocenters. The number of anilines is 1. The average molecular weight is 483 g/mol. The van der Waals surface area contributed by atoms with Gasteiger partial charge >= 0.3 is 0 Å². The van der Waals surface area contributed by atoms with E-state index in [4.69, 9.17) is 12.2 Å². The van der Waals surface area contributed by atoms with E-state index in [0.717, 1.165) is 22.9 Å². The van der Waals surface area contributed by atoms with E-state index in [1.807, 2.05) is 13.0 Å². The first kappa shape index (κ1) is 23.1. The van der Waals surface area contributed by atoms with Gasteiger partial charge in [0.1, 0.15) is 21.6 Å². The van der Waals surface area contributed by atoms with Crippen LogP contribution in [0.3, 0.4) is 0 Å². The lowest BCUT2D eigenvalue weighted by Gasteiger charge is -2.14. The SMILES string of the molecule is Cc1ccc2nc(NCC(C)C)c(C=C3SC(=S)N(Cc4ccc(F)cc4)C3=O)c(=O)n2c1. The fourth-order valence-electron chi connectivity index (χ4n) is 3.36. The number of fused-ring (bicyclic) bond motifs is 1. The number of carbonyl (C=O) groups is 1. The van der Waals surface area contributed by atoms with E-state index in [9.17, 15) is 14.0 Å². The third-order valence-electron chi connectivity index (χ3n) is 5.09. The average Bonchev–Trinajstić information content (AvgIpc) is 3.03. The first-order valence-electron chi connectivity index (χ1n) is 10.5. The molecule has 0 bridgehead atoms. The number of nitrogens with zero attached hydrogens (tertiary/aromatic N) is 3. The van der Waals surface area contributed by atoms with Crippen molar-refractivity contribution in [3.05, 3.63) is 80.4 Å². The summed E-state index contributed by atoms with van der Waals surface area (Å²) < 4.78 is 15.1. The lowest BCUT2D eigenvalue weighted by atomic mass is 10.2. The molecule has 0 unspecified atom stereocenters. The van der Waals surface area contributed by atoms with E-state index in [1.54, 1.807) is 30.5 Å². The third kappa shape index (κ3) is 4.99. The molecule has 1 amide bonds. The molecule has 0 radical (unpaired) electrons. The highest BCUT2D eigenvalue weighted by molar-refractivity contribution is 8.26. The number of halogens is 1. The molecule has 170 valence electrons. The van der Waals surface area contributed by atoms with Crippen LogP contribution in [0.25, 0.3) is 11.7 Å². The molecule has 33 heavy (non-hydrogen) atoms. The Morgan fingerprint density at radius 2 is 1.91 bits per heavy atom. The highest BCUT2D eigenvalue weighted by Gasteiger charge is 2.32. The largest absolute Gasteiger partial charge is 0.369 e. The van der Waals surface area contributed by atoms with Gasteiger partial charge in [0.25, 0.3) is 11.5 Å². The van der Waals surface area contributed by atoms with Crippen molar-refractivity contribution in [2.24, 2.45) is 5.92 Å². The van der Waals surface area contributed by atoms with Crippen LogP contribution in [0.15, 0.2) is 52.3 Å². The van der Waals surface area contributed by atoms with Gasteiger partial charge in [-0.2, -0.15) is 0 Å². The minimum absolute atomic E-state index is 0.231. The van der Waals surface area contributed by atoms with E-state index in [0.29, 0.717) is 38.7 Å². The number of rotatable bonds is 6. The first-order valence-corrected chi connectivity index (χ1v) is 11.7. The van der Waals surface area contributed by atoms with Gasteiger partial charge in [0, 0.05) is 12.7 Å². The molecular weight excluding hydrogens is 459 g/mol. The van der Waals surface area contributed by atoms with Crippen molar-refractivity contribution in [2.45, 2.75) is 27.3 Å². The van der Waals surface area contributed by atoms with Crippen molar-refractivity contribution in [3.8, 4) is 0 Å². The molecule has 1 fully saturated rings. The Morgan fingerprint density at radius 3 is 2.61 bits per heavy atom. The number of aromatic nitrogens is 2. The van der Waals surface area contributed by atoms with Gasteiger partial charge in [-0.1, -0.05) is 56.0 Å². The zero-order chi connectivity index (χ0) is 23.7. The molecule has 0 saturated carbocycles. The Bertz CT molecular complexity index is 1330. The minimum Gasteiger partial charge on any atom is -0.369 e. The summed E-state index contributed by atoms with van der Waals surface area (Å²) in [6.45, 7) is 6.88. The number of amides is 1. The van der Waals surface area contributed by atoms with Gasteiger partial charge in [-0.25, -0.2) is 9.37 Å². The van der Waals surface area contributed by atoms with Crippen LogP contribution in [0.1, 0.15) is 30.5 Å². The maximum Gasteiger partial charge on any atom is 0.267 e. The first-order chi connectivity index (χ1) is 15.7. The van der Waals surface area contributed by atoms with Crippen molar-refractivity contribution in [2.75, 3.05) is 11.9 Å². The monoisotopic (exact) mass is 482 g/mol. The number of thioether (sulfide) groups is 1. The fourth-order valence-corrected chi connectivity index (χ4v) is 4.60. The second-order valence-electron chi connectivity index (χ2n) is 8.28. The highest BCUT2D eigenvalue weighted by atomic mass is 32.2. The quantitative estimate of drug-likeness (QED) is 0.409. The molecule has 4 rings (SSSR count). The van der Waals surface area contributed by atoms with Crippen molar-refractivity contribution in [1.82, 2.24) is 14.3 Å². The zero-order valence-corrected chi connectivity index (χ0v) is 20.1. The summed E-state index contributed by atoms with van der Waals surface area (Å²) in [5.74, 6) is 0.134. The lowest BCUT2D eigenvalue weighted by molar-refractivity contribution is -0.122. The lowest BCUT2D eigenvalue weighted by Crippen LogP contribution is -2.27. The van der Waals surface area contributed by atoms with Crippen LogP contribution in [-0.2, 0) is 11.3 Å². The molecule has 1 saturated heterocycles. The Hall–Kier alpha value is -3.04. The maximum atomic E-state index is 13.4. The molecule has 0 spiro atoms. The van der Waals surface area contributed by atoms with Gasteiger partial charge in [-0.3, -0.25) is 18.9 Å². The number of thiocarbonyl (C=S) groups is 1. The van der Waals surface area contributed by atoms with Crippen LogP contribution < -0.4 is 10.9 Å². The summed E-state index contributed by atoms with van der Waals surface area (Å²) in [5.41, 5.74) is 2.25. The maximum absolute atomic E-state index is 13.4. The number of carbonyl (C=O) groups excluding carboxylic acids is 1. The second kappa shape index (κ2) is 9.44. The van der Waals surface area contributed by atoms with Gasteiger partial charge in [-0.05, 0) is 48.2 Å². The number of pyridine rings is 1. The summed E-state index contributed by atoms with van der Waals surface area (Å²) in [5, 5.41) is 3.25. The molecular formula is C24H23FN4O2S2. The summed E-state index contributed by atoms with van der Waals surface area (Å²) in [6, 6.07) is 9.62. The molecule has 3 aromatic rings. The molecule has 0 aliphatic carbocycles. The van der Waals surface area contributed by atoms with Crippen molar-refractivity contribution in [1.29, 1.82) is 0 Å². The zero-order valence-electron chi connectivity index (χ0n) is 18.5. The number of hydrogen-bond donors (Lipinski definition) is 1. The highest BCUT2D eigenvalue weighted by Crippen LogP contribution is 2.34. The van der Waals surface area contributed by atoms with E-state index < -0.39 is 0 Å². The molecule has 1 aromatic carbocycles. The van der Waals surface area contributed by atoms with Crippen LogP contribution in [0.4, 0.5) is 10.2 Å². The van der Waals surface area contributed by atoms with E-state index in [2.05, 4.69) is 24.1 Å². The van der Waals surface area contributed by atoms with Crippen molar-refractivity contribution < 1.29 is 9.18 Å². The van der Waals surface area contributed by atoms with Crippen LogP contribution in [0, 0.1) is 18.7 Å². The molecule has 1 N–H and O–H groups in total. The van der Waals surface area contributed by atoms with Gasteiger partial charge in [0.05, 0.1) is 17.0 Å². The molecule has 9 heteroatoms. The third-order valence-corrected chi connectivity index (χ3v) is 6.46. The van der Waals surface area contributed by atoms with Gasteiger partial charge in [0.15, 0.2) is 0 Å². The second-order valence-corrected chi connectivity index (χ2v) is 9.96. The predicted octanol–water partition coefficient (Wildman–Crippen LogP) is 4.61. The number of hydrogen-bond acceptors (Lipinski definition) is 6. The fraction of sp³-hybridized carbons (Fsp3) is 0.250. The van der Waals surface area contributed by atoms with Gasteiger partial charge < -0.3 is 5.32 Å². The molecule has 1 aliphatic rings. The molecule has 6 nitrogen and oxygen atoms in total. The minimum atomic E-state index is -0.343. The molecule has 1 aliphatic heterocycles. The van der Waals surface area contributed by atoms with E-state index in [1.165, 1.54) is 21.4 Å². The van der Waals surface area contributed by atoms with Crippen LogP contribution >= 0.6 is 24.0 Å². The summed E-state index contributed by atoms with van der Waals surface area (Å²) in [6.07, 6.45) is 3.30. The predicted molar refractivity (Wildman–Crippen MR) is 135 cm³/mol. The van der Waals surface area contributed by atoms with E-state index >= 15 is 0 Å². The number of nitrogens with one attached hydrogen (secondary N) is 1. The molecule has 2 aromatic heterocycles. The Labute approximate surface area is 200 Å². The topological polar surface area (TPSA) is 66.7 Å². The summed E-state index contributed by atoms with van der Waals surface area (Å²) in [7, 11) is 0.